The molecule has 0 N–H and O–H groups in total. The molecular weight excluding hydrogens is 241 g/mol. The average molecular weight is 257 g/mol. The SMILES string of the molecule is CC1(C)OB(c2ccc(C=O)c(C#N)c2)OC1(C)C. The van der Waals surface area contributed by atoms with Gasteiger partial charge < -0.3 is 9.31 Å². The molecule has 1 saturated heterocycles. The molecule has 0 radical (unpaired) electrons. The van der Waals surface area contributed by atoms with Gasteiger partial charge in [0, 0.05) is 5.56 Å². The molecule has 0 atom stereocenters. The minimum atomic E-state index is -0.516. The Morgan fingerprint density at radius 2 is 1.79 bits per heavy atom. The van der Waals surface area contributed by atoms with Crippen LogP contribution in [0.5, 0.6) is 0 Å². The molecule has 19 heavy (non-hydrogen) atoms. The van der Waals surface area contributed by atoms with Gasteiger partial charge in [0.05, 0.1) is 22.8 Å². The van der Waals surface area contributed by atoms with Crippen LogP contribution in [0.4, 0.5) is 0 Å². The van der Waals surface area contributed by atoms with E-state index in [1.165, 1.54) is 0 Å². The Balaban J connectivity index is 2.36. The van der Waals surface area contributed by atoms with E-state index in [0.717, 1.165) is 5.46 Å². The second kappa shape index (κ2) is 4.48. The van der Waals surface area contributed by atoms with Gasteiger partial charge in [0.15, 0.2) is 6.29 Å². The zero-order valence-electron chi connectivity index (χ0n) is 11.6. The molecule has 0 aromatic heterocycles. The normalized spacial score (nSPS) is 20.1. The van der Waals surface area contributed by atoms with Crippen molar-refractivity contribution < 1.29 is 14.1 Å². The van der Waals surface area contributed by atoms with Crippen LogP contribution in [0.3, 0.4) is 0 Å². The van der Waals surface area contributed by atoms with E-state index in [1.54, 1.807) is 18.2 Å². The van der Waals surface area contributed by atoms with E-state index in [1.807, 2.05) is 33.8 Å². The average Bonchev–Trinajstić information content (AvgIpc) is 2.57. The maximum atomic E-state index is 10.8. The maximum Gasteiger partial charge on any atom is 0.494 e. The lowest BCUT2D eigenvalue weighted by Gasteiger charge is -2.32. The Morgan fingerprint density at radius 3 is 2.26 bits per heavy atom. The van der Waals surface area contributed by atoms with E-state index in [-0.39, 0.29) is 0 Å². The van der Waals surface area contributed by atoms with E-state index in [2.05, 4.69) is 0 Å². The smallest absolute Gasteiger partial charge is 0.399 e. The molecule has 1 aliphatic rings. The first-order valence-corrected chi connectivity index (χ1v) is 6.15. The number of rotatable bonds is 2. The van der Waals surface area contributed by atoms with Gasteiger partial charge >= 0.3 is 7.12 Å². The van der Waals surface area contributed by atoms with Gasteiger partial charge in [-0.25, -0.2) is 0 Å². The van der Waals surface area contributed by atoms with Crippen LogP contribution in [-0.2, 0) is 9.31 Å². The standard InChI is InChI=1S/C14H16BNO3/c1-13(2)14(3,4)19-15(18-13)12-6-5-10(9-17)11(7-12)8-16/h5-7,9H,1-4H3. The molecule has 0 amide bonds. The van der Waals surface area contributed by atoms with Gasteiger partial charge in [-0.1, -0.05) is 12.1 Å². The molecule has 4 nitrogen and oxygen atoms in total. The van der Waals surface area contributed by atoms with Gasteiger partial charge in [0.25, 0.3) is 0 Å². The number of carbonyl (C=O) groups is 1. The van der Waals surface area contributed by atoms with Crippen LogP contribution in [0.15, 0.2) is 18.2 Å². The van der Waals surface area contributed by atoms with Crippen LogP contribution in [0, 0.1) is 11.3 Å². The molecule has 1 heterocycles. The second-order valence-corrected chi connectivity index (χ2v) is 5.66. The number of nitriles is 1. The molecule has 2 rings (SSSR count). The van der Waals surface area contributed by atoms with Gasteiger partial charge in [-0.05, 0) is 39.2 Å². The summed E-state index contributed by atoms with van der Waals surface area (Å²) in [4.78, 5) is 10.8. The molecule has 1 aromatic rings. The van der Waals surface area contributed by atoms with Gasteiger partial charge in [-0.15, -0.1) is 0 Å². The van der Waals surface area contributed by atoms with Crippen molar-refractivity contribution in [3.63, 3.8) is 0 Å². The van der Waals surface area contributed by atoms with E-state index in [9.17, 15) is 4.79 Å². The van der Waals surface area contributed by atoms with Crippen molar-refractivity contribution in [2.24, 2.45) is 0 Å². The lowest BCUT2D eigenvalue weighted by molar-refractivity contribution is 0.00578. The highest BCUT2D eigenvalue weighted by molar-refractivity contribution is 6.62. The predicted octanol–water partition coefficient (Wildman–Crippen LogP) is 1.67. The molecular formula is C14H16BNO3. The topological polar surface area (TPSA) is 59.3 Å². The molecule has 1 fully saturated rings. The van der Waals surface area contributed by atoms with Crippen molar-refractivity contribution in [3.05, 3.63) is 29.3 Å². The van der Waals surface area contributed by atoms with Crippen molar-refractivity contribution in [2.75, 3.05) is 0 Å². The van der Waals surface area contributed by atoms with Crippen LogP contribution in [-0.4, -0.2) is 24.6 Å². The van der Waals surface area contributed by atoms with E-state index in [0.29, 0.717) is 17.4 Å². The largest absolute Gasteiger partial charge is 0.494 e. The Morgan fingerprint density at radius 1 is 1.21 bits per heavy atom. The zero-order valence-corrected chi connectivity index (χ0v) is 11.6. The van der Waals surface area contributed by atoms with Crippen LogP contribution < -0.4 is 5.46 Å². The highest BCUT2D eigenvalue weighted by Crippen LogP contribution is 2.36. The highest BCUT2D eigenvalue weighted by atomic mass is 16.7. The molecule has 1 aliphatic heterocycles. The van der Waals surface area contributed by atoms with Crippen molar-refractivity contribution >= 4 is 18.9 Å². The molecule has 0 bridgehead atoms. The quantitative estimate of drug-likeness (QED) is 0.597. The monoisotopic (exact) mass is 257 g/mol. The summed E-state index contributed by atoms with van der Waals surface area (Å²) in [6.07, 6.45) is 0.673. The predicted molar refractivity (Wildman–Crippen MR) is 72.3 cm³/mol. The second-order valence-electron chi connectivity index (χ2n) is 5.66. The van der Waals surface area contributed by atoms with Crippen LogP contribution in [0.2, 0.25) is 0 Å². The minimum absolute atomic E-state index is 0.335. The summed E-state index contributed by atoms with van der Waals surface area (Å²) in [6, 6.07) is 7.03. The first-order valence-electron chi connectivity index (χ1n) is 6.15. The molecule has 0 unspecified atom stereocenters. The molecule has 0 spiro atoms. The number of hydrogen-bond acceptors (Lipinski definition) is 4. The number of nitrogens with zero attached hydrogens (tertiary/aromatic N) is 1. The van der Waals surface area contributed by atoms with E-state index in [4.69, 9.17) is 14.6 Å². The summed E-state index contributed by atoms with van der Waals surface area (Å²) in [5.74, 6) is 0. The molecule has 0 aliphatic carbocycles. The minimum Gasteiger partial charge on any atom is -0.399 e. The van der Waals surface area contributed by atoms with Gasteiger partial charge in [0.2, 0.25) is 0 Å². The molecule has 0 saturated carbocycles. The fourth-order valence-corrected chi connectivity index (χ4v) is 1.90. The third kappa shape index (κ3) is 2.29. The number of carbonyl (C=O) groups excluding carboxylic acids is 1. The maximum absolute atomic E-state index is 10.8. The zero-order chi connectivity index (χ0) is 14.3. The highest BCUT2D eigenvalue weighted by Gasteiger charge is 2.51. The van der Waals surface area contributed by atoms with Crippen molar-refractivity contribution in [1.29, 1.82) is 5.26 Å². The third-order valence-corrected chi connectivity index (χ3v) is 3.85. The lowest BCUT2D eigenvalue weighted by atomic mass is 9.78. The fraction of sp³-hybridized carbons (Fsp3) is 0.429. The van der Waals surface area contributed by atoms with Crippen molar-refractivity contribution in [3.8, 4) is 6.07 Å². The lowest BCUT2D eigenvalue weighted by Crippen LogP contribution is -2.41. The van der Waals surface area contributed by atoms with Crippen molar-refractivity contribution in [1.82, 2.24) is 0 Å². The first kappa shape index (κ1) is 13.8. The summed E-state index contributed by atoms with van der Waals surface area (Å²) < 4.78 is 11.8. The van der Waals surface area contributed by atoms with Gasteiger partial charge in [0.1, 0.15) is 0 Å². The van der Waals surface area contributed by atoms with Crippen LogP contribution in [0.1, 0.15) is 43.6 Å². The Bertz CT molecular complexity index is 544. The van der Waals surface area contributed by atoms with E-state index >= 15 is 0 Å². The Kier molecular flexibility index (Phi) is 3.25. The number of hydrogen-bond donors (Lipinski definition) is 0. The first-order chi connectivity index (χ1) is 8.80. The summed E-state index contributed by atoms with van der Waals surface area (Å²) in [5, 5.41) is 9.03. The third-order valence-electron chi connectivity index (χ3n) is 3.85. The van der Waals surface area contributed by atoms with Crippen molar-refractivity contribution in [2.45, 2.75) is 38.9 Å². The summed E-state index contributed by atoms with van der Waals surface area (Å²) in [5.41, 5.74) is 0.618. The van der Waals surface area contributed by atoms with E-state index < -0.39 is 18.3 Å². The Hall–Kier alpha value is -1.64. The summed E-state index contributed by atoms with van der Waals surface area (Å²) in [6.45, 7) is 7.88. The van der Waals surface area contributed by atoms with Crippen LogP contribution in [0.25, 0.3) is 0 Å². The molecule has 5 heteroatoms. The molecule has 1 aromatic carbocycles. The van der Waals surface area contributed by atoms with Gasteiger partial charge in [-0.2, -0.15) is 5.26 Å². The van der Waals surface area contributed by atoms with Gasteiger partial charge in [-0.3, -0.25) is 4.79 Å². The summed E-state index contributed by atoms with van der Waals surface area (Å²) in [7, 11) is -0.516. The summed E-state index contributed by atoms with van der Waals surface area (Å²) >= 11 is 0. The number of benzene rings is 1. The Labute approximate surface area is 113 Å². The fourth-order valence-electron chi connectivity index (χ4n) is 1.90. The number of aldehydes is 1. The van der Waals surface area contributed by atoms with Crippen LogP contribution >= 0.6 is 0 Å². The molecule has 98 valence electrons.